The number of carbonyl (C=O) groups is 2. The predicted octanol–water partition coefficient (Wildman–Crippen LogP) is 3.82. The lowest BCUT2D eigenvalue weighted by Crippen LogP contribution is -2.45. The molecule has 0 unspecified atom stereocenters. The number of morpholine rings is 1. The molecule has 1 atom stereocenters. The molecule has 2 aromatic rings. The molecule has 0 aliphatic carbocycles. The quantitative estimate of drug-likeness (QED) is 0.781. The number of benzene rings is 2. The van der Waals surface area contributed by atoms with Crippen LogP contribution in [-0.2, 0) is 4.74 Å². The van der Waals surface area contributed by atoms with Crippen LogP contribution in [-0.4, -0.2) is 42.4 Å². The fourth-order valence-corrected chi connectivity index (χ4v) is 3.07. The zero-order chi connectivity index (χ0) is 17.8. The Morgan fingerprint density at radius 2 is 1.80 bits per heavy atom. The number of nitrogens with zero attached hydrogens (tertiary/aromatic N) is 1. The second kappa shape index (κ2) is 7.81. The van der Waals surface area contributed by atoms with Gasteiger partial charge in [-0.3, -0.25) is 9.59 Å². The minimum Gasteiger partial charge on any atom is -0.375 e. The Bertz CT molecular complexity index is 773. The van der Waals surface area contributed by atoms with Crippen LogP contribution in [0.4, 0.5) is 0 Å². The summed E-state index contributed by atoms with van der Waals surface area (Å²) in [6, 6.07) is 13.7. The van der Waals surface area contributed by atoms with Crippen molar-refractivity contribution in [1.29, 1.82) is 0 Å². The van der Waals surface area contributed by atoms with Gasteiger partial charge in [0.1, 0.15) is 0 Å². The summed E-state index contributed by atoms with van der Waals surface area (Å²) >= 11 is 5.89. The maximum atomic E-state index is 13.0. The van der Waals surface area contributed by atoms with Gasteiger partial charge < -0.3 is 9.64 Å². The average molecular weight is 358 g/mol. The van der Waals surface area contributed by atoms with E-state index in [1.807, 2.05) is 6.92 Å². The molecule has 1 aliphatic rings. The minimum atomic E-state index is -0.180. The van der Waals surface area contributed by atoms with Crippen LogP contribution in [0.15, 0.2) is 48.5 Å². The lowest BCUT2D eigenvalue weighted by molar-refractivity contribution is -0.0226. The van der Waals surface area contributed by atoms with Gasteiger partial charge in [-0.2, -0.15) is 0 Å². The number of ether oxygens (including phenoxy) is 1. The third-order valence-corrected chi connectivity index (χ3v) is 4.64. The van der Waals surface area contributed by atoms with Gasteiger partial charge in [0.05, 0.1) is 18.3 Å². The van der Waals surface area contributed by atoms with Crippen molar-refractivity contribution in [3.8, 4) is 0 Å². The number of ketones is 1. The van der Waals surface area contributed by atoms with E-state index >= 15 is 0 Å². The van der Waals surface area contributed by atoms with Gasteiger partial charge in [-0.05, 0) is 36.8 Å². The molecule has 0 N–H and O–H groups in total. The van der Waals surface area contributed by atoms with Crippen LogP contribution in [0.2, 0.25) is 5.02 Å². The summed E-state index contributed by atoms with van der Waals surface area (Å²) in [6.45, 7) is 3.66. The van der Waals surface area contributed by atoms with E-state index in [0.717, 1.165) is 6.42 Å². The Kier molecular flexibility index (Phi) is 5.51. The lowest BCUT2D eigenvalue weighted by Gasteiger charge is -2.32. The van der Waals surface area contributed by atoms with E-state index in [1.54, 1.807) is 53.4 Å². The van der Waals surface area contributed by atoms with E-state index in [0.29, 0.717) is 41.4 Å². The van der Waals surface area contributed by atoms with Gasteiger partial charge >= 0.3 is 0 Å². The molecule has 1 amide bonds. The van der Waals surface area contributed by atoms with Gasteiger partial charge in [0.2, 0.25) is 0 Å². The molecule has 3 rings (SSSR count). The first kappa shape index (κ1) is 17.6. The molecule has 25 heavy (non-hydrogen) atoms. The third kappa shape index (κ3) is 3.91. The summed E-state index contributed by atoms with van der Waals surface area (Å²) in [5.74, 6) is -0.305. The molecule has 4 nitrogen and oxygen atoms in total. The lowest BCUT2D eigenvalue weighted by atomic mass is 9.97. The minimum absolute atomic E-state index is 0.0526. The summed E-state index contributed by atoms with van der Waals surface area (Å²) < 4.78 is 5.63. The van der Waals surface area contributed by atoms with Crippen LogP contribution < -0.4 is 0 Å². The van der Waals surface area contributed by atoms with Gasteiger partial charge in [-0.25, -0.2) is 0 Å². The Morgan fingerprint density at radius 1 is 1.12 bits per heavy atom. The molecule has 2 aromatic carbocycles. The molecule has 1 fully saturated rings. The van der Waals surface area contributed by atoms with Crippen molar-refractivity contribution in [2.24, 2.45) is 0 Å². The number of hydrogen-bond acceptors (Lipinski definition) is 3. The van der Waals surface area contributed by atoms with Crippen molar-refractivity contribution in [1.82, 2.24) is 4.90 Å². The smallest absolute Gasteiger partial charge is 0.254 e. The van der Waals surface area contributed by atoms with Crippen LogP contribution in [0.5, 0.6) is 0 Å². The van der Waals surface area contributed by atoms with Crippen molar-refractivity contribution in [2.75, 3.05) is 19.7 Å². The molecular weight excluding hydrogens is 338 g/mol. The topological polar surface area (TPSA) is 46.6 Å². The summed E-state index contributed by atoms with van der Waals surface area (Å²) in [5.41, 5.74) is 1.35. The zero-order valence-corrected chi connectivity index (χ0v) is 14.8. The molecule has 0 spiro atoms. The number of carbonyl (C=O) groups excluding carboxylic acids is 2. The van der Waals surface area contributed by atoms with Crippen LogP contribution in [0.25, 0.3) is 0 Å². The first-order valence-corrected chi connectivity index (χ1v) is 8.78. The van der Waals surface area contributed by atoms with Crippen LogP contribution in [0.3, 0.4) is 0 Å². The van der Waals surface area contributed by atoms with Crippen LogP contribution >= 0.6 is 11.6 Å². The van der Waals surface area contributed by atoms with Gasteiger partial charge in [0, 0.05) is 29.2 Å². The van der Waals surface area contributed by atoms with Crippen molar-refractivity contribution < 1.29 is 14.3 Å². The highest BCUT2D eigenvalue weighted by molar-refractivity contribution is 6.30. The monoisotopic (exact) mass is 357 g/mol. The number of amides is 1. The van der Waals surface area contributed by atoms with Gasteiger partial charge in [0.15, 0.2) is 5.78 Å². The van der Waals surface area contributed by atoms with E-state index < -0.39 is 0 Å². The van der Waals surface area contributed by atoms with Crippen molar-refractivity contribution in [3.05, 3.63) is 70.2 Å². The number of hydrogen-bond donors (Lipinski definition) is 0. The van der Waals surface area contributed by atoms with Gasteiger partial charge in [-0.1, -0.05) is 36.7 Å². The second-order valence-electron chi connectivity index (χ2n) is 6.03. The molecular formula is C20H20ClNO3. The molecule has 130 valence electrons. The standard InChI is InChI=1S/C20H20ClNO3/c1-2-16-13-22(11-12-25-16)20(24)18-6-4-3-5-17(18)19(23)14-7-9-15(21)10-8-14/h3-10,16H,2,11-13H2,1H3/t16-/m0/s1. The van der Waals surface area contributed by atoms with Gasteiger partial charge in [0.25, 0.3) is 5.91 Å². The fourth-order valence-electron chi connectivity index (χ4n) is 2.95. The Balaban J connectivity index is 1.89. The summed E-state index contributed by atoms with van der Waals surface area (Å²) in [5, 5.41) is 0.569. The molecule has 1 saturated heterocycles. The third-order valence-electron chi connectivity index (χ3n) is 4.39. The normalized spacial score (nSPS) is 17.4. The molecule has 0 bridgehead atoms. The first-order chi connectivity index (χ1) is 12.1. The van der Waals surface area contributed by atoms with E-state index in [9.17, 15) is 9.59 Å². The maximum absolute atomic E-state index is 13.0. The highest BCUT2D eigenvalue weighted by Crippen LogP contribution is 2.20. The van der Waals surface area contributed by atoms with Crippen molar-refractivity contribution >= 4 is 23.3 Å². The summed E-state index contributed by atoms with van der Waals surface area (Å²) in [7, 11) is 0. The SMILES string of the molecule is CC[C@H]1CN(C(=O)c2ccccc2C(=O)c2ccc(Cl)cc2)CCO1. The Morgan fingerprint density at radius 3 is 2.48 bits per heavy atom. The fraction of sp³-hybridized carbons (Fsp3) is 0.300. The predicted molar refractivity (Wildman–Crippen MR) is 97.3 cm³/mol. The summed E-state index contributed by atoms with van der Waals surface area (Å²) in [4.78, 5) is 27.6. The molecule has 0 aromatic heterocycles. The van der Waals surface area contributed by atoms with E-state index in [2.05, 4.69) is 0 Å². The summed E-state index contributed by atoms with van der Waals surface area (Å²) in [6.07, 6.45) is 0.909. The maximum Gasteiger partial charge on any atom is 0.254 e. The molecule has 1 aliphatic heterocycles. The average Bonchev–Trinajstić information content (AvgIpc) is 2.67. The number of halogens is 1. The van der Waals surface area contributed by atoms with Crippen LogP contribution in [0, 0.1) is 0 Å². The van der Waals surface area contributed by atoms with Gasteiger partial charge in [-0.15, -0.1) is 0 Å². The highest BCUT2D eigenvalue weighted by atomic mass is 35.5. The van der Waals surface area contributed by atoms with Crippen molar-refractivity contribution in [3.63, 3.8) is 0 Å². The highest BCUT2D eigenvalue weighted by Gasteiger charge is 2.27. The Labute approximate surface area is 152 Å². The largest absolute Gasteiger partial charge is 0.375 e. The first-order valence-electron chi connectivity index (χ1n) is 8.40. The van der Waals surface area contributed by atoms with E-state index in [-0.39, 0.29) is 17.8 Å². The second-order valence-corrected chi connectivity index (χ2v) is 6.47. The molecule has 5 heteroatoms. The van der Waals surface area contributed by atoms with E-state index in [1.165, 1.54) is 0 Å². The van der Waals surface area contributed by atoms with Crippen LogP contribution in [0.1, 0.15) is 39.6 Å². The number of rotatable bonds is 4. The van der Waals surface area contributed by atoms with Crippen molar-refractivity contribution in [2.45, 2.75) is 19.4 Å². The zero-order valence-electron chi connectivity index (χ0n) is 14.1. The molecule has 1 heterocycles. The van der Waals surface area contributed by atoms with E-state index in [4.69, 9.17) is 16.3 Å². The molecule has 0 saturated carbocycles. The Hall–Kier alpha value is -2.17. The molecule has 0 radical (unpaired) electrons.